The predicted octanol–water partition coefficient (Wildman–Crippen LogP) is 0.950. The van der Waals surface area contributed by atoms with Gasteiger partial charge >= 0.3 is 5.97 Å². The van der Waals surface area contributed by atoms with Crippen LogP contribution in [0.4, 0.5) is 0 Å². The minimum absolute atomic E-state index is 0.0391. The first-order valence-corrected chi connectivity index (χ1v) is 8.35. The summed E-state index contributed by atoms with van der Waals surface area (Å²) in [5.74, 6) is -0.721. The molecule has 9 heteroatoms. The molecule has 1 fully saturated rings. The summed E-state index contributed by atoms with van der Waals surface area (Å²) >= 11 is 0. The summed E-state index contributed by atoms with van der Waals surface area (Å²) in [6.07, 6.45) is 0.756. The van der Waals surface area contributed by atoms with Crippen molar-refractivity contribution in [2.45, 2.75) is 23.8 Å². The lowest BCUT2D eigenvalue weighted by Gasteiger charge is -2.23. The summed E-state index contributed by atoms with van der Waals surface area (Å²) < 4.78 is 42.3. The molecule has 1 saturated heterocycles. The molecule has 2 rings (SSSR count). The number of carbonyl (C=O) groups is 1. The van der Waals surface area contributed by atoms with E-state index in [-0.39, 0.29) is 29.4 Å². The van der Waals surface area contributed by atoms with E-state index in [0.29, 0.717) is 12.2 Å². The van der Waals surface area contributed by atoms with Crippen LogP contribution >= 0.6 is 0 Å². The van der Waals surface area contributed by atoms with Crippen molar-refractivity contribution in [3.63, 3.8) is 0 Å². The third-order valence-electron chi connectivity index (χ3n) is 3.73. The van der Waals surface area contributed by atoms with Crippen LogP contribution in [-0.4, -0.2) is 57.7 Å². The van der Waals surface area contributed by atoms with Crippen molar-refractivity contribution >= 4 is 16.0 Å². The first-order chi connectivity index (χ1) is 10.9. The highest BCUT2D eigenvalue weighted by Gasteiger charge is 2.42. The molecule has 1 N–H and O–H groups in total. The Morgan fingerprint density at radius 2 is 1.74 bits per heavy atom. The summed E-state index contributed by atoms with van der Waals surface area (Å²) in [5.41, 5.74) is 0. The number of hydrogen-bond donors (Lipinski definition) is 1. The molecule has 0 spiro atoms. The zero-order valence-electron chi connectivity index (χ0n) is 13.1. The predicted molar refractivity (Wildman–Crippen MR) is 80.6 cm³/mol. The summed E-state index contributed by atoms with van der Waals surface area (Å²) in [5, 5.41) is 9.24. The van der Waals surface area contributed by atoms with Crippen LogP contribution in [0.2, 0.25) is 0 Å². The van der Waals surface area contributed by atoms with E-state index in [9.17, 15) is 18.3 Å². The third kappa shape index (κ3) is 3.06. The maximum atomic E-state index is 13.0. The van der Waals surface area contributed by atoms with Crippen LogP contribution in [0.15, 0.2) is 17.0 Å². The van der Waals surface area contributed by atoms with Gasteiger partial charge in [-0.15, -0.1) is 0 Å². The van der Waals surface area contributed by atoms with Crippen LogP contribution in [0.5, 0.6) is 17.2 Å². The van der Waals surface area contributed by atoms with Crippen molar-refractivity contribution < 1.29 is 32.5 Å². The van der Waals surface area contributed by atoms with Crippen LogP contribution in [0.25, 0.3) is 0 Å². The molecular weight excluding hydrogens is 326 g/mol. The van der Waals surface area contributed by atoms with E-state index in [4.69, 9.17) is 14.2 Å². The molecule has 128 valence electrons. The molecule has 1 heterocycles. The van der Waals surface area contributed by atoms with Gasteiger partial charge in [-0.1, -0.05) is 0 Å². The van der Waals surface area contributed by atoms with Gasteiger partial charge in [0, 0.05) is 18.7 Å². The Hall–Kier alpha value is -2.00. The smallest absolute Gasteiger partial charge is 0.322 e. The fourth-order valence-electron chi connectivity index (χ4n) is 2.62. The number of aliphatic carboxylic acids is 1. The number of ether oxygens (including phenoxy) is 3. The fourth-order valence-corrected chi connectivity index (χ4v) is 4.55. The van der Waals surface area contributed by atoms with Crippen LogP contribution in [0.3, 0.4) is 0 Å². The summed E-state index contributed by atoms with van der Waals surface area (Å²) in [6, 6.07) is 1.75. The molecular formula is C14H19NO7S. The molecule has 1 aliphatic heterocycles. The zero-order valence-corrected chi connectivity index (χ0v) is 13.9. The number of carboxylic acids is 1. The average Bonchev–Trinajstić information content (AvgIpc) is 3.04. The monoisotopic (exact) mass is 345 g/mol. The average molecular weight is 345 g/mol. The Bertz CT molecular complexity index is 676. The molecule has 23 heavy (non-hydrogen) atoms. The van der Waals surface area contributed by atoms with Crippen LogP contribution < -0.4 is 14.2 Å². The quantitative estimate of drug-likeness (QED) is 0.819. The number of benzene rings is 1. The van der Waals surface area contributed by atoms with Crippen LogP contribution in [-0.2, 0) is 14.8 Å². The number of methoxy groups -OCH3 is 3. The third-order valence-corrected chi connectivity index (χ3v) is 5.70. The van der Waals surface area contributed by atoms with Gasteiger partial charge in [0.05, 0.1) is 21.3 Å². The molecule has 1 aromatic carbocycles. The fraction of sp³-hybridized carbons (Fsp3) is 0.500. The highest BCUT2D eigenvalue weighted by Crippen LogP contribution is 2.40. The van der Waals surface area contributed by atoms with Gasteiger partial charge < -0.3 is 19.3 Å². The van der Waals surface area contributed by atoms with Crippen molar-refractivity contribution in [1.29, 1.82) is 0 Å². The van der Waals surface area contributed by atoms with Gasteiger partial charge in [-0.25, -0.2) is 8.42 Å². The van der Waals surface area contributed by atoms with Gasteiger partial charge in [0.25, 0.3) is 10.0 Å². The second-order valence-corrected chi connectivity index (χ2v) is 6.80. The number of hydrogen-bond acceptors (Lipinski definition) is 6. The van der Waals surface area contributed by atoms with E-state index in [1.807, 2.05) is 0 Å². The van der Waals surface area contributed by atoms with Crippen molar-refractivity contribution in [3.05, 3.63) is 12.1 Å². The van der Waals surface area contributed by atoms with E-state index in [1.54, 1.807) is 0 Å². The second kappa shape index (κ2) is 6.63. The van der Waals surface area contributed by atoms with Gasteiger partial charge in [-0.3, -0.25) is 4.79 Å². The molecule has 0 aliphatic carbocycles. The van der Waals surface area contributed by atoms with Gasteiger partial charge in [0.2, 0.25) is 0 Å². The highest BCUT2D eigenvalue weighted by molar-refractivity contribution is 7.89. The van der Waals surface area contributed by atoms with Crippen LogP contribution in [0.1, 0.15) is 12.8 Å². The largest absolute Gasteiger partial charge is 0.496 e. The van der Waals surface area contributed by atoms with Gasteiger partial charge in [-0.05, 0) is 12.8 Å². The first kappa shape index (κ1) is 17.4. The lowest BCUT2D eigenvalue weighted by atomic mass is 10.2. The Kier molecular flexibility index (Phi) is 5.00. The molecule has 1 atom stereocenters. The molecule has 0 unspecified atom stereocenters. The topological polar surface area (TPSA) is 102 Å². The van der Waals surface area contributed by atoms with E-state index in [0.717, 1.165) is 4.31 Å². The maximum absolute atomic E-state index is 13.0. The first-order valence-electron chi connectivity index (χ1n) is 6.91. The maximum Gasteiger partial charge on any atom is 0.322 e. The Morgan fingerprint density at radius 1 is 1.17 bits per heavy atom. The minimum Gasteiger partial charge on any atom is -0.496 e. The van der Waals surface area contributed by atoms with Crippen molar-refractivity contribution in [3.8, 4) is 17.2 Å². The van der Waals surface area contributed by atoms with E-state index >= 15 is 0 Å². The van der Waals surface area contributed by atoms with Crippen molar-refractivity contribution in [2.75, 3.05) is 27.9 Å². The van der Waals surface area contributed by atoms with Gasteiger partial charge in [0.1, 0.15) is 23.3 Å². The molecule has 0 aromatic heterocycles. The van der Waals surface area contributed by atoms with Gasteiger partial charge in [-0.2, -0.15) is 4.31 Å². The van der Waals surface area contributed by atoms with Crippen molar-refractivity contribution in [1.82, 2.24) is 4.31 Å². The van der Waals surface area contributed by atoms with E-state index < -0.39 is 22.0 Å². The number of sulfonamides is 1. The molecule has 0 bridgehead atoms. The highest BCUT2D eigenvalue weighted by atomic mass is 32.2. The normalized spacial score (nSPS) is 18.7. The number of rotatable bonds is 6. The lowest BCUT2D eigenvalue weighted by molar-refractivity contribution is -0.140. The molecule has 1 aliphatic rings. The standard InChI is InChI=1S/C14H19NO7S/c1-20-9-7-11(21-2)13(12(8-9)22-3)23(18,19)15-6-4-5-10(15)14(16)17/h7-8,10H,4-6H2,1-3H3,(H,16,17)/t10-/m1/s1. The zero-order chi connectivity index (χ0) is 17.2. The Morgan fingerprint density at radius 3 is 2.17 bits per heavy atom. The number of carboxylic acid groups (broad SMARTS) is 1. The summed E-state index contributed by atoms with van der Waals surface area (Å²) in [4.78, 5) is 11.1. The van der Waals surface area contributed by atoms with Crippen molar-refractivity contribution in [2.24, 2.45) is 0 Å². The minimum atomic E-state index is -4.10. The Labute approximate surface area is 134 Å². The summed E-state index contributed by atoms with van der Waals surface area (Å²) in [7, 11) is -0.0120. The number of nitrogens with zero attached hydrogens (tertiary/aromatic N) is 1. The lowest BCUT2D eigenvalue weighted by Crippen LogP contribution is -2.40. The second-order valence-electron chi connectivity index (χ2n) is 4.97. The molecule has 8 nitrogen and oxygen atoms in total. The molecule has 0 amide bonds. The van der Waals surface area contributed by atoms with Gasteiger partial charge in [0.15, 0.2) is 4.90 Å². The molecule has 1 aromatic rings. The van der Waals surface area contributed by atoms with E-state index in [1.165, 1.54) is 33.5 Å². The SMILES string of the molecule is COc1cc(OC)c(S(=O)(=O)N2CCC[C@@H]2C(=O)O)c(OC)c1. The molecule has 0 radical (unpaired) electrons. The molecule has 0 saturated carbocycles. The Balaban J connectivity index is 2.61. The van der Waals surface area contributed by atoms with Crippen LogP contribution in [0, 0.1) is 0 Å². The van der Waals surface area contributed by atoms with E-state index in [2.05, 4.69) is 0 Å². The summed E-state index contributed by atoms with van der Waals surface area (Å²) in [6.45, 7) is 0.137.